The van der Waals surface area contributed by atoms with E-state index in [-0.39, 0.29) is 5.56 Å². The Bertz CT molecular complexity index is 563. The molecular weight excluding hydrogens is 331 g/mol. The van der Waals surface area contributed by atoms with Crippen molar-refractivity contribution in [2.24, 2.45) is 0 Å². The molecule has 88 valence electrons. The van der Waals surface area contributed by atoms with Gasteiger partial charge in [0.25, 0.3) is 5.56 Å². The van der Waals surface area contributed by atoms with Gasteiger partial charge in [-0.1, -0.05) is 6.92 Å². The van der Waals surface area contributed by atoms with Gasteiger partial charge in [0.05, 0.1) is 6.07 Å². The molecule has 0 aliphatic rings. The van der Waals surface area contributed by atoms with Gasteiger partial charge in [-0.2, -0.15) is 4.98 Å². The van der Waals surface area contributed by atoms with E-state index < -0.39 is 0 Å². The van der Waals surface area contributed by atoms with Crippen molar-refractivity contribution in [2.75, 3.05) is 0 Å². The molecule has 4 nitrogen and oxygen atoms in total. The van der Waals surface area contributed by atoms with Gasteiger partial charge in [-0.15, -0.1) is 0 Å². The molecule has 0 spiro atoms. The predicted octanol–water partition coefficient (Wildman–Crippen LogP) is 2.73. The largest absolute Gasteiger partial charge is 0.439 e. The Balaban J connectivity index is 2.26. The lowest BCUT2D eigenvalue weighted by Gasteiger charge is -2.05. The van der Waals surface area contributed by atoms with Crippen molar-refractivity contribution in [3.05, 3.63) is 50.1 Å². The van der Waals surface area contributed by atoms with Gasteiger partial charge in [0.1, 0.15) is 11.6 Å². The third-order valence-electron chi connectivity index (χ3n) is 2.14. The number of aromatic nitrogens is 2. The third kappa shape index (κ3) is 3.29. The molecule has 1 aromatic carbocycles. The van der Waals surface area contributed by atoms with E-state index in [1.807, 2.05) is 31.2 Å². The number of nitrogens with one attached hydrogen (secondary N) is 1. The molecule has 0 saturated carbocycles. The van der Waals surface area contributed by atoms with Gasteiger partial charge in [-0.05, 0) is 46.9 Å². The Hall–Kier alpha value is -1.37. The molecular formula is C12H11IN2O2. The number of benzene rings is 1. The fraction of sp³-hybridized carbons (Fsp3) is 0.167. The Morgan fingerprint density at radius 3 is 2.71 bits per heavy atom. The highest BCUT2D eigenvalue weighted by Crippen LogP contribution is 2.19. The number of ether oxygens (including phenoxy) is 1. The minimum absolute atomic E-state index is 0.197. The number of nitrogens with zero attached hydrogens (tertiary/aromatic N) is 1. The molecule has 0 unspecified atom stereocenters. The molecule has 0 saturated heterocycles. The standard InChI is InChI=1S/C12H11IN2O2/c1-2-10-14-11(16)7-12(15-10)17-9-5-3-8(13)4-6-9/h3-7H,2H2,1H3,(H,14,15,16). The first-order valence-corrected chi connectivity index (χ1v) is 6.29. The van der Waals surface area contributed by atoms with Crippen LogP contribution in [0.2, 0.25) is 0 Å². The summed E-state index contributed by atoms with van der Waals surface area (Å²) >= 11 is 2.22. The zero-order valence-corrected chi connectivity index (χ0v) is 11.4. The summed E-state index contributed by atoms with van der Waals surface area (Å²) in [5, 5.41) is 0. The number of aryl methyl sites for hydroxylation is 1. The molecule has 2 aromatic rings. The molecule has 1 aromatic heterocycles. The topological polar surface area (TPSA) is 55.0 Å². The summed E-state index contributed by atoms with van der Waals surface area (Å²) in [6, 6.07) is 8.90. The lowest BCUT2D eigenvalue weighted by atomic mass is 10.3. The molecule has 0 aliphatic carbocycles. The van der Waals surface area contributed by atoms with Crippen LogP contribution in [0.4, 0.5) is 0 Å². The van der Waals surface area contributed by atoms with E-state index in [0.717, 1.165) is 3.57 Å². The number of halogens is 1. The fourth-order valence-electron chi connectivity index (χ4n) is 1.33. The first-order chi connectivity index (χ1) is 8.17. The average Bonchev–Trinajstić information content (AvgIpc) is 2.31. The van der Waals surface area contributed by atoms with E-state index in [2.05, 4.69) is 32.6 Å². The van der Waals surface area contributed by atoms with E-state index in [9.17, 15) is 4.79 Å². The van der Waals surface area contributed by atoms with Gasteiger partial charge < -0.3 is 9.72 Å². The first kappa shape index (κ1) is 12.1. The summed E-state index contributed by atoms with van der Waals surface area (Å²) in [4.78, 5) is 18.2. The molecule has 0 amide bonds. The highest BCUT2D eigenvalue weighted by Gasteiger charge is 2.02. The maximum atomic E-state index is 11.3. The van der Waals surface area contributed by atoms with Gasteiger partial charge in [0.15, 0.2) is 0 Å². The Kier molecular flexibility index (Phi) is 3.78. The molecule has 0 fully saturated rings. The molecule has 0 aliphatic heterocycles. The quantitative estimate of drug-likeness (QED) is 0.873. The van der Waals surface area contributed by atoms with Crippen LogP contribution in [0, 0.1) is 3.57 Å². The molecule has 2 rings (SSSR count). The van der Waals surface area contributed by atoms with E-state index in [1.165, 1.54) is 6.07 Å². The summed E-state index contributed by atoms with van der Waals surface area (Å²) < 4.78 is 6.65. The Morgan fingerprint density at radius 1 is 1.35 bits per heavy atom. The van der Waals surface area contributed by atoms with Crippen LogP contribution in [0.3, 0.4) is 0 Å². The van der Waals surface area contributed by atoms with E-state index >= 15 is 0 Å². The summed E-state index contributed by atoms with van der Waals surface area (Å²) in [6.07, 6.45) is 0.666. The van der Waals surface area contributed by atoms with Crippen molar-refractivity contribution in [1.29, 1.82) is 0 Å². The molecule has 0 atom stereocenters. The monoisotopic (exact) mass is 342 g/mol. The Labute approximate surface area is 112 Å². The fourth-order valence-corrected chi connectivity index (χ4v) is 1.69. The summed E-state index contributed by atoms with van der Waals surface area (Å²) in [5.41, 5.74) is -0.197. The third-order valence-corrected chi connectivity index (χ3v) is 2.86. The number of hydrogen-bond acceptors (Lipinski definition) is 3. The number of rotatable bonds is 3. The smallest absolute Gasteiger partial charge is 0.254 e. The van der Waals surface area contributed by atoms with Gasteiger partial charge >= 0.3 is 0 Å². The SMILES string of the molecule is CCc1nc(Oc2ccc(I)cc2)cc(=O)[nH]1. The van der Waals surface area contributed by atoms with Crippen LogP contribution in [0.15, 0.2) is 35.1 Å². The van der Waals surface area contributed by atoms with Crippen LogP contribution >= 0.6 is 22.6 Å². The van der Waals surface area contributed by atoms with Crippen molar-refractivity contribution >= 4 is 22.6 Å². The summed E-state index contributed by atoms with van der Waals surface area (Å²) in [5.74, 6) is 1.62. The van der Waals surface area contributed by atoms with Gasteiger partial charge in [0, 0.05) is 9.99 Å². The summed E-state index contributed by atoms with van der Waals surface area (Å²) in [6.45, 7) is 1.92. The number of hydrogen-bond donors (Lipinski definition) is 1. The van der Waals surface area contributed by atoms with Crippen LogP contribution in [-0.4, -0.2) is 9.97 Å². The van der Waals surface area contributed by atoms with Gasteiger partial charge in [-0.25, -0.2) is 0 Å². The molecule has 0 bridgehead atoms. The zero-order valence-electron chi connectivity index (χ0n) is 9.24. The van der Waals surface area contributed by atoms with Crippen LogP contribution in [-0.2, 0) is 6.42 Å². The highest BCUT2D eigenvalue weighted by atomic mass is 127. The first-order valence-electron chi connectivity index (χ1n) is 5.21. The van der Waals surface area contributed by atoms with Crippen LogP contribution < -0.4 is 10.3 Å². The zero-order chi connectivity index (χ0) is 12.3. The van der Waals surface area contributed by atoms with Gasteiger partial charge in [0.2, 0.25) is 5.88 Å². The molecule has 17 heavy (non-hydrogen) atoms. The van der Waals surface area contributed by atoms with E-state index in [4.69, 9.17) is 4.74 Å². The van der Waals surface area contributed by atoms with Crippen LogP contribution in [0.25, 0.3) is 0 Å². The molecule has 1 heterocycles. The summed E-state index contributed by atoms with van der Waals surface area (Å²) in [7, 11) is 0. The predicted molar refractivity (Wildman–Crippen MR) is 73.5 cm³/mol. The normalized spacial score (nSPS) is 10.2. The van der Waals surface area contributed by atoms with Crippen molar-refractivity contribution in [3.8, 4) is 11.6 Å². The molecule has 0 radical (unpaired) electrons. The Morgan fingerprint density at radius 2 is 2.06 bits per heavy atom. The van der Waals surface area contributed by atoms with E-state index in [0.29, 0.717) is 23.9 Å². The van der Waals surface area contributed by atoms with Crippen molar-refractivity contribution in [3.63, 3.8) is 0 Å². The van der Waals surface area contributed by atoms with Crippen molar-refractivity contribution < 1.29 is 4.74 Å². The number of aromatic amines is 1. The lowest BCUT2D eigenvalue weighted by molar-refractivity contribution is 0.457. The molecule has 1 N–H and O–H groups in total. The second-order valence-electron chi connectivity index (χ2n) is 3.44. The van der Waals surface area contributed by atoms with Crippen molar-refractivity contribution in [2.45, 2.75) is 13.3 Å². The maximum Gasteiger partial charge on any atom is 0.254 e. The van der Waals surface area contributed by atoms with E-state index in [1.54, 1.807) is 0 Å². The van der Waals surface area contributed by atoms with Gasteiger partial charge in [-0.3, -0.25) is 4.79 Å². The number of H-pyrrole nitrogens is 1. The van der Waals surface area contributed by atoms with Crippen LogP contribution in [0.5, 0.6) is 11.6 Å². The molecule has 5 heteroatoms. The maximum absolute atomic E-state index is 11.3. The van der Waals surface area contributed by atoms with Crippen LogP contribution in [0.1, 0.15) is 12.7 Å². The van der Waals surface area contributed by atoms with Crippen molar-refractivity contribution in [1.82, 2.24) is 9.97 Å². The second kappa shape index (κ2) is 5.31. The average molecular weight is 342 g/mol. The second-order valence-corrected chi connectivity index (χ2v) is 4.69. The highest BCUT2D eigenvalue weighted by molar-refractivity contribution is 14.1. The minimum Gasteiger partial charge on any atom is -0.439 e. The minimum atomic E-state index is -0.197. The lowest BCUT2D eigenvalue weighted by Crippen LogP contribution is -2.10.